The Kier molecular flexibility index (Phi) is 12.4. The van der Waals surface area contributed by atoms with Crippen molar-refractivity contribution in [2.75, 3.05) is 13.2 Å². The highest BCUT2D eigenvalue weighted by molar-refractivity contribution is 5.94. The fraction of sp³-hybridized carbons (Fsp3) is 0.417. The summed E-state index contributed by atoms with van der Waals surface area (Å²) in [4.78, 5) is 61.1. The van der Waals surface area contributed by atoms with Crippen LogP contribution in [0.4, 0.5) is 0 Å². The summed E-state index contributed by atoms with van der Waals surface area (Å²) in [5, 5.41) is 26.4. The zero-order valence-corrected chi connectivity index (χ0v) is 21.2. The van der Waals surface area contributed by atoms with E-state index in [1.807, 2.05) is 0 Å². The molecule has 0 saturated carbocycles. The number of aliphatic imine (C=N–C) groups is 1. The van der Waals surface area contributed by atoms with E-state index in [1.165, 1.54) is 12.5 Å². The first-order chi connectivity index (χ1) is 18.6. The van der Waals surface area contributed by atoms with Crippen LogP contribution in [0.25, 0.3) is 0 Å². The summed E-state index contributed by atoms with van der Waals surface area (Å²) in [6.45, 7) is -0.470. The number of amides is 3. The number of nitrogens with zero attached hydrogens (tertiary/aromatic N) is 2. The number of nitrogens with two attached hydrogens (primary N) is 3. The summed E-state index contributed by atoms with van der Waals surface area (Å²) in [6, 6.07) is 3.93. The van der Waals surface area contributed by atoms with Crippen molar-refractivity contribution in [2.24, 2.45) is 22.2 Å². The number of imidazole rings is 1. The SMILES string of the molecule is NC(N)=NCCCC(NC(=O)C(Cc1ccccc1)NC(=O)C(N)CO)C(=O)NC(Cc1cnc[nH]1)C(=O)O. The number of aromatic amines is 1. The quantitative estimate of drug-likeness (QED) is 0.0590. The highest BCUT2D eigenvalue weighted by atomic mass is 16.4. The van der Waals surface area contributed by atoms with Crippen molar-refractivity contribution in [2.45, 2.75) is 49.9 Å². The molecule has 0 aliphatic rings. The van der Waals surface area contributed by atoms with Crippen molar-refractivity contribution in [3.8, 4) is 0 Å². The van der Waals surface area contributed by atoms with Gasteiger partial charge in [-0.15, -0.1) is 0 Å². The molecule has 0 spiro atoms. The topological polar surface area (TPSA) is 264 Å². The molecule has 0 aliphatic heterocycles. The molecule has 2 aromatic rings. The van der Waals surface area contributed by atoms with Gasteiger partial charge in [0, 0.05) is 31.3 Å². The second kappa shape index (κ2) is 15.7. The molecule has 4 atom stereocenters. The van der Waals surface area contributed by atoms with Gasteiger partial charge in [0.15, 0.2) is 5.96 Å². The maximum absolute atomic E-state index is 13.3. The molecule has 39 heavy (non-hydrogen) atoms. The van der Waals surface area contributed by atoms with Gasteiger partial charge in [-0.25, -0.2) is 9.78 Å². The first kappa shape index (κ1) is 30.7. The Morgan fingerprint density at radius 3 is 2.18 bits per heavy atom. The highest BCUT2D eigenvalue weighted by Gasteiger charge is 2.30. The number of nitrogens with one attached hydrogen (secondary N) is 4. The third kappa shape index (κ3) is 10.8. The van der Waals surface area contributed by atoms with E-state index in [-0.39, 0.29) is 38.2 Å². The maximum atomic E-state index is 13.3. The van der Waals surface area contributed by atoms with Gasteiger partial charge in [0.2, 0.25) is 17.7 Å². The molecule has 15 heteroatoms. The van der Waals surface area contributed by atoms with Crippen LogP contribution in [0.1, 0.15) is 24.1 Å². The number of aromatic nitrogens is 2. The van der Waals surface area contributed by atoms with Gasteiger partial charge in [-0.1, -0.05) is 30.3 Å². The van der Waals surface area contributed by atoms with Gasteiger partial charge in [0.1, 0.15) is 24.2 Å². The standard InChI is InChI=1S/C24H35N9O6/c25-16(12-34)20(35)32-18(9-14-5-2-1-3-6-14)22(37)31-17(7-4-8-29-24(26)27)21(36)33-19(23(38)39)10-15-11-28-13-30-15/h1-3,5-6,11,13,16-19,34H,4,7-10,12,25H2,(H,28,30)(H,31,37)(H,32,35)(H,33,36)(H,38,39)(H4,26,27,29). The van der Waals surface area contributed by atoms with Gasteiger partial charge >= 0.3 is 5.97 Å². The van der Waals surface area contributed by atoms with Gasteiger partial charge in [-0.3, -0.25) is 19.4 Å². The highest BCUT2D eigenvalue weighted by Crippen LogP contribution is 2.07. The molecular weight excluding hydrogens is 510 g/mol. The van der Waals surface area contributed by atoms with Crippen LogP contribution in [-0.2, 0) is 32.0 Å². The van der Waals surface area contributed by atoms with E-state index >= 15 is 0 Å². The molecule has 1 aromatic carbocycles. The number of carbonyl (C=O) groups excluding carboxylic acids is 3. The van der Waals surface area contributed by atoms with E-state index in [0.717, 1.165) is 5.56 Å². The lowest BCUT2D eigenvalue weighted by atomic mass is 10.0. The van der Waals surface area contributed by atoms with Crippen LogP contribution in [0.15, 0.2) is 47.8 Å². The van der Waals surface area contributed by atoms with E-state index in [9.17, 15) is 29.4 Å². The second-order valence-electron chi connectivity index (χ2n) is 8.73. The van der Waals surface area contributed by atoms with E-state index < -0.39 is 54.5 Å². The van der Waals surface area contributed by atoms with Gasteiger partial charge in [0.05, 0.1) is 12.9 Å². The number of carboxylic acids is 1. The number of benzene rings is 1. The Bertz CT molecular complexity index is 1110. The molecule has 0 fully saturated rings. The predicted molar refractivity (Wildman–Crippen MR) is 141 cm³/mol. The third-order valence-electron chi connectivity index (χ3n) is 5.62. The van der Waals surface area contributed by atoms with Gasteiger partial charge in [-0.05, 0) is 18.4 Å². The second-order valence-corrected chi connectivity index (χ2v) is 8.73. The normalized spacial score (nSPS) is 13.8. The number of carbonyl (C=O) groups is 4. The van der Waals surface area contributed by atoms with Crippen molar-refractivity contribution >= 4 is 29.7 Å². The minimum atomic E-state index is -1.31. The summed E-state index contributed by atoms with van der Waals surface area (Å²) < 4.78 is 0. The summed E-state index contributed by atoms with van der Waals surface area (Å²) in [6.07, 6.45) is 3.15. The van der Waals surface area contributed by atoms with Crippen molar-refractivity contribution < 1.29 is 29.4 Å². The zero-order valence-electron chi connectivity index (χ0n) is 21.2. The fourth-order valence-corrected chi connectivity index (χ4v) is 3.55. The molecule has 1 aromatic heterocycles. The molecule has 2 rings (SSSR count). The van der Waals surface area contributed by atoms with Crippen molar-refractivity contribution in [1.29, 1.82) is 0 Å². The summed E-state index contributed by atoms with van der Waals surface area (Å²) in [5.41, 5.74) is 17.5. The minimum absolute atomic E-state index is 0.0624. The summed E-state index contributed by atoms with van der Waals surface area (Å²) in [5.74, 6) is -3.64. The molecule has 3 amide bonds. The van der Waals surface area contributed by atoms with Crippen LogP contribution in [0, 0.1) is 0 Å². The van der Waals surface area contributed by atoms with Crippen LogP contribution in [0.3, 0.4) is 0 Å². The van der Waals surface area contributed by atoms with Gasteiger partial charge in [-0.2, -0.15) is 0 Å². The monoisotopic (exact) mass is 545 g/mol. The average molecular weight is 546 g/mol. The number of rotatable bonds is 16. The van der Waals surface area contributed by atoms with Crippen LogP contribution in [0.5, 0.6) is 0 Å². The number of carboxylic acid groups (broad SMARTS) is 1. The number of guanidine groups is 1. The Labute approximate surface area is 224 Å². The number of aliphatic hydroxyl groups excluding tert-OH is 1. The molecule has 0 saturated heterocycles. The summed E-state index contributed by atoms with van der Waals surface area (Å²) >= 11 is 0. The Morgan fingerprint density at radius 1 is 0.949 bits per heavy atom. The largest absolute Gasteiger partial charge is 0.480 e. The number of H-pyrrole nitrogens is 1. The van der Waals surface area contributed by atoms with Crippen molar-refractivity contribution in [3.63, 3.8) is 0 Å². The fourth-order valence-electron chi connectivity index (χ4n) is 3.55. The van der Waals surface area contributed by atoms with E-state index in [1.54, 1.807) is 30.3 Å². The first-order valence-corrected chi connectivity index (χ1v) is 12.2. The smallest absolute Gasteiger partial charge is 0.326 e. The lowest BCUT2D eigenvalue weighted by Gasteiger charge is -2.25. The zero-order chi connectivity index (χ0) is 28.8. The number of hydrogen-bond acceptors (Lipinski definition) is 8. The number of aliphatic carboxylic acids is 1. The number of hydrogen-bond donors (Lipinski definition) is 9. The lowest BCUT2D eigenvalue weighted by molar-refractivity contribution is -0.142. The molecule has 212 valence electrons. The van der Waals surface area contributed by atoms with E-state index in [4.69, 9.17) is 17.2 Å². The molecule has 4 unspecified atom stereocenters. The Morgan fingerprint density at radius 2 is 1.59 bits per heavy atom. The number of aliphatic hydroxyl groups is 1. The predicted octanol–water partition coefficient (Wildman–Crippen LogP) is -2.89. The van der Waals surface area contributed by atoms with Gasteiger partial charge in [0.25, 0.3) is 0 Å². The summed E-state index contributed by atoms with van der Waals surface area (Å²) in [7, 11) is 0. The molecule has 0 radical (unpaired) electrons. The van der Waals surface area contributed by atoms with Crippen LogP contribution in [-0.4, -0.2) is 87.2 Å². The van der Waals surface area contributed by atoms with Crippen molar-refractivity contribution in [3.05, 3.63) is 54.1 Å². The minimum Gasteiger partial charge on any atom is -0.480 e. The Balaban J connectivity index is 2.22. The first-order valence-electron chi connectivity index (χ1n) is 12.2. The van der Waals surface area contributed by atoms with E-state index in [2.05, 4.69) is 30.9 Å². The molecule has 1 heterocycles. The maximum Gasteiger partial charge on any atom is 0.326 e. The van der Waals surface area contributed by atoms with Crippen LogP contribution >= 0.6 is 0 Å². The molecular formula is C24H35N9O6. The molecule has 15 nitrogen and oxygen atoms in total. The average Bonchev–Trinajstić information content (AvgIpc) is 3.42. The molecule has 0 bridgehead atoms. The van der Waals surface area contributed by atoms with Crippen LogP contribution in [0.2, 0.25) is 0 Å². The Hall–Kier alpha value is -4.50. The third-order valence-corrected chi connectivity index (χ3v) is 5.62. The molecule has 0 aliphatic carbocycles. The van der Waals surface area contributed by atoms with E-state index in [0.29, 0.717) is 5.69 Å². The van der Waals surface area contributed by atoms with Crippen molar-refractivity contribution in [1.82, 2.24) is 25.9 Å². The molecule has 12 N–H and O–H groups in total. The van der Waals surface area contributed by atoms with Gasteiger partial charge < -0.3 is 48.3 Å². The van der Waals surface area contributed by atoms with Crippen LogP contribution < -0.4 is 33.2 Å². The lowest BCUT2D eigenvalue weighted by Crippen LogP contribution is -2.58.